The Bertz CT molecular complexity index is 770. The molecule has 150 valence electrons. The molecule has 2 amide bonds. The average Bonchev–Trinajstić information content (AvgIpc) is 3.07. The van der Waals surface area contributed by atoms with Crippen molar-refractivity contribution in [2.75, 3.05) is 13.1 Å². The van der Waals surface area contributed by atoms with Gasteiger partial charge in [-0.3, -0.25) is 9.59 Å². The van der Waals surface area contributed by atoms with Crippen LogP contribution in [0.4, 0.5) is 0 Å². The van der Waals surface area contributed by atoms with E-state index < -0.39 is 6.04 Å². The number of hydrogen-bond donors (Lipinski definition) is 3. The van der Waals surface area contributed by atoms with Gasteiger partial charge in [-0.05, 0) is 24.8 Å². The highest BCUT2D eigenvalue weighted by atomic mass is 16.2. The molecule has 0 radical (unpaired) electrons. The molecule has 0 spiro atoms. The maximum atomic E-state index is 12.1. The first kappa shape index (κ1) is 20.1. The number of hydrogen-bond acceptors (Lipinski definition) is 4. The van der Waals surface area contributed by atoms with E-state index >= 15 is 0 Å². The average molecular weight is 383 g/mol. The van der Waals surface area contributed by atoms with Crippen molar-refractivity contribution in [2.24, 2.45) is 11.7 Å². The maximum absolute atomic E-state index is 12.1. The Morgan fingerprint density at radius 2 is 1.93 bits per heavy atom. The van der Waals surface area contributed by atoms with E-state index in [9.17, 15) is 9.59 Å². The second kappa shape index (κ2) is 10.0. The van der Waals surface area contributed by atoms with Crippen LogP contribution in [0.15, 0.2) is 42.9 Å². The number of rotatable bonds is 10. The van der Waals surface area contributed by atoms with Crippen LogP contribution in [0, 0.1) is 5.92 Å². The molecule has 2 aromatic rings. The van der Waals surface area contributed by atoms with Crippen LogP contribution in [0.1, 0.15) is 36.9 Å². The molecule has 7 nitrogen and oxygen atoms in total. The predicted molar refractivity (Wildman–Crippen MR) is 107 cm³/mol. The quantitative estimate of drug-likeness (QED) is 0.537. The summed E-state index contributed by atoms with van der Waals surface area (Å²) in [5, 5.41) is 5.75. The van der Waals surface area contributed by atoms with E-state index in [0.717, 1.165) is 31.5 Å². The van der Waals surface area contributed by atoms with Crippen LogP contribution < -0.4 is 16.4 Å². The molecule has 1 aliphatic carbocycles. The van der Waals surface area contributed by atoms with Gasteiger partial charge in [-0.1, -0.05) is 36.8 Å². The Morgan fingerprint density at radius 1 is 1.18 bits per heavy atom. The molecule has 1 aromatic carbocycles. The number of carbonyl (C=O) groups is 2. The van der Waals surface area contributed by atoms with Crippen molar-refractivity contribution in [3.63, 3.8) is 0 Å². The standard InChI is InChI=1S/C21H29N5O2/c22-19(21(28)24-11-5-10-23-20(27)17-8-4-9-17)12-18-14-26(15-25-18)13-16-6-2-1-3-7-16/h1-3,6-7,14-15,17,19H,4-5,8-13,22H2,(H,23,27)(H,24,28)/t19-/m0/s1. The number of imidazole rings is 1. The predicted octanol–water partition coefficient (Wildman–Crippen LogP) is 1.22. The van der Waals surface area contributed by atoms with Crippen molar-refractivity contribution < 1.29 is 9.59 Å². The Kier molecular flexibility index (Phi) is 7.19. The fraction of sp³-hybridized carbons (Fsp3) is 0.476. The SMILES string of the molecule is N[C@@H](Cc1cn(Cc2ccccc2)cn1)C(=O)NCCCNC(=O)C1CCC1. The minimum absolute atomic E-state index is 0.139. The highest BCUT2D eigenvalue weighted by molar-refractivity contribution is 5.81. The van der Waals surface area contributed by atoms with E-state index in [4.69, 9.17) is 5.73 Å². The van der Waals surface area contributed by atoms with Gasteiger partial charge in [0.15, 0.2) is 0 Å². The number of benzene rings is 1. The van der Waals surface area contributed by atoms with Gasteiger partial charge in [-0.2, -0.15) is 0 Å². The van der Waals surface area contributed by atoms with E-state index in [1.165, 1.54) is 5.56 Å². The monoisotopic (exact) mass is 383 g/mol. The summed E-state index contributed by atoms with van der Waals surface area (Å²) < 4.78 is 1.99. The second-order valence-electron chi connectivity index (χ2n) is 7.40. The molecule has 1 fully saturated rings. The van der Waals surface area contributed by atoms with Gasteiger partial charge in [-0.25, -0.2) is 4.98 Å². The molecule has 1 atom stereocenters. The molecule has 1 heterocycles. The van der Waals surface area contributed by atoms with Crippen molar-refractivity contribution in [1.82, 2.24) is 20.2 Å². The third kappa shape index (κ3) is 5.92. The Balaban J connectivity index is 1.33. The highest BCUT2D eigenvalue weighted by Gasteiger charge is 2.24. The molecular formula is C21H29N5O2. The maximum Gasteiger partial charge on any atom is 0.237 e. The Morgan fingerprint density at radius 3 is 2.64 bits per heavy atom. The van der Waals surface area contributed by atoms with Crippen molar-refractivity contribution in [3.05, 3.63) is 54.1 Å². The second-order valence-corrected chi connectivity index (χ2v) is 7.40. The van der Waals surface area contributed by atoms with Crippen LogP contribution >= 0.6 is 0 Å². The fourth-order valence-corrected chi connectivity index (χ4v) is 3.17. The van der Waals surface area contributed by atoms with Gasteiger partial charge >= 0.3 is 0 Å². The number of nitrogens with two attached hydrogens (primary N) is 1. The minimum Gasteiger partial charge on any atom is -0.356 e. The summed E-state index contributed by atoms with van der Waals surface area (Å²) in [6, 6.07) is 9.49. The third-order valence-corrected chi connectivity index (χ3v) is 5.09. The molecule has 7 heteroatoms. The van der Waals surface area contributed by atoms with Gasteiger partial charge < -0.3 is 20.9 Å². The molecule has 0 saturated heterocycles. The highest BCUT2D eigenvalue weighted by Crippen LogP contribution is 2.25. The van der Waals surface area contributed by atoms with E-state index in [1.54, 1.807) is 6.33 Å². The third-order valence-electron chi connectivity index (χ3n) is 5.09. The Hall–Kier alpha value is -2.67. The summed E-state index contributed by atoms with van der Waals surface area (Å²) in [6.07, 6.45) is 7.93. The lowest BCUT2D eigenvalue weighted by atomic mass is 9.85. The fourth-order valence-electron chi connectivity index (χ4n) is 3.17. The molecular weight excluding hydrogens is 354 g/mol. The summed E-state index contributed by atoms with van der Waals surface area (Å²) in [5.74, 6) is 0.146. The minimum atomic E-state index is -0.635. The summed E-state index contributed by atoms with van der Waals surface area (Å²) in [6.45, 7) is 1.82. The first-order valence-corrected chi connectivity index (χ1v) is 9.97. The molecule has 1 saturated carbocycles. The van der Waals surface area contributed by atoms with Crippen LogP contribution in [0.3, 0.4) is 0 Å². The van der Waals surface area contributed by atoms with E-state index in [1.807, 2.05) is 29.0 Å². The molecule has 1 aliphatic rings. The number of nitrogens with zero attached hydrogens (tertiary/aromatic N) is 2. The molecule has 28 heavy (non-hydrogen) atoms. The summed E-state index contributed by atoms with van der Waals surface area (Å²) in [4.78, 5) is 28.2. The molecule has 3 rings (SSSR count). The zero-order valence-electron chi connectivity index (χ0n) is 16.1. The van der Waals surface area contributed by atoms with E-state index in [2.05, 4.69) is 27.8 Å². The summed E-state index contributed by atoms with van der Waals surface area (Å²) in [5.41, 5.74) is 8.00. The lowest BCUT2D eigenvalue weighted by Gasteiger charge is -2.24. The molecule has 0 unspecified atom stereocenters. The zero-order chi connectivity index (χ0) is 19.8. The lowest BCUT2D eigenvalue weighted by molar-refractivity contribution is -0.127. The van der Waals surface area contributed by atoms with E-state index in [0.29, 0.717) is 25.9 Å². The largest absolute Gasteiger partial charge is 0.356 e. The zero-order valence-corrected chi connectivity index (χ0v) is 16.1. The van der Waals surface area contributed by atoms with Crippen LogP contribution in [-0.4, -0.2) is 40.5 Å². The van der Waals surface area contributed by atoms with Gasteiger partial charge in [0.2, 0.25) is 11.8 Å². The topological polar surface area (TPSA) is 102 Å². The first-order valence-electron chi connectivity index (χ1n) is 9.97. The van der Waals surface area contributed by atoms with Gasteiger partial charge in [0.25, 0.3) is 0 Å². The van der Waals surface area contributed by atoms with Crippen molar-refractivity contribution >= 4 is 11.8 Å². The number of aromatic nitrogens is 2. The normalized spacial score (nSPS) is 14.9. The van der Waals surface area contributed by atoms with Crippen molar-refractivity contribution in [1.29, 1.82) is 0 Å². The van der Waals surface area contributed by atoms with Crippen molar-refractivity contribution in [3.8, 4) is 0 Å². The van der Waals surface area contributed by atoms with Gasteiger partial charge in [0.05, 0.1) is 18.1 Å². The van der Waals surface area contributed by atoms with E-state index in [-0.39, 0.29) is 17.7 Å². The first-order chi connectivity index (χ1) is 13.6. The Labute approximate surface area is 165 Å². The number of carbonyl (C=O) groups excluding carboxylic acids is 2. The molecule has 4 N–H and O–H groups in total. The van der Waals surface area contributed by atoms with Gasteiger partial charge in [0, 0.05) is 38.2 Å². The molecule has 0 bridgehead atoms. The number of nitrogens with one attached hydrogen (secondary N) is 2. The summed E-state index contributed by atoms with van der Waals surface area (Å²) in [7, 11) is 0. The smallest absolute Gasteiger partial charge is 0.237 e. The van der Waals surface area contributed by atoms with Crippen LogP contribution in [0.25, 0.3) is 0 Å². The summed E-state index contributed by atoms with van der Waals surface area (Å²) >= 11 is 0. The van der Waals surface area contributed by atoms with Crippen LogP contribution in [-0.2, 0) is 22.6 Å². The molecule has 1 aromatic heterocycles. The van der Waals surface area contributed by atoms with Crippen LogP contribution in [0.2, 0.25) is 0 Å². The van der Waals surface area contributed by atoms with Crippen molar-refractivity contribution in [2.45, 2.75) is 44.7 Å². The lowest BCUT2D eigenvalue weighted by Crippen LogP contribution is -2.43. The molecule has 0 aliphatic heterocycles. The number of amides is 2. The van der Waals surface area contributed by atoms with Gasteiger partial charge in [0.1, 0.15) is 0 Å². The van der Waals surface area contributed by atoms with Gasteiger partial charge in [-0.15, -0.1) is 0 Å². The van der Waals surface area contributed by atoms with Crippen LogP contribution in [0.5, 0.6) is 0 Å².